The van der Waals surface area contributed by atoms with Crippen LogP contribution in [0.2, 0.25) is 0 Å². The van der Waals surface area contributed by atoms with Crippen molar-refractivity contribution in [3.05, 3.63) is 65.0 Å². The van der Waals surface area contributed by atoms with Gasteiger partial charge in [-0.25, -0.2) is 4.39 Å². The van der Waals surface area contributed by atoms with E-state index in [0.717, 1.165) is 24.3 Å². The molecular formula is C21H25FN2O2. The number of benzene rings is 2. The van der Waals surface area contributed by atoms with Crippen LogP contribution in [0.4, 0.5) is 4.39 Å². The fourth-order valence-electron chi connectivity index (χ4n) is 3.38. The van der Waals surface area contributed by atoms with Crippen LogP contribution in [0.5, 0.6) is 5.75 Å². The fourth-order valence-corrected chi connectivity index (χ4v) is 3.38. The number of nitrogens with zero attached hydrogens (tertiary/aromatic N) is 1. The third kappa shape index (κ3) is 4.61. The highest BCUT2D eigenvalue weighted by Gasteiger charge is 2.24. The van der Waals surface area contributed by atoms with Gasteiger partial charge in [-0.3, -0.25) is 9.69 Å². The summed E-state index contributed by atoms with van der Waals surface area (Å²) in [5.74, 6) is 0.603. The molecule has 1 unspecified atom stereocenters. The molecule has 1 N–H and O–H groups in total. The molecule has 0 aliphatic carbocycles. The van der Waals surface area contributed by atoms with Crippen molar-refractivity contribution < 1.29 is 13.9 Å². The lowest BCUT2D eigenvalue weighted by Crippen LogP contribution is -2.45. The first-order valence-electron chi connectivity index (χ1n) is 8.92. The number of carbonyl (C=O) groups is 1. The molecular weight excluding hydrogens is 331 g/mol. The van der Waals surface area contributed by atoms with E-state index in [9.17, 15) is 9.18 Å². The van der Waals surface area contributed by atoms with E-state index in [1.54, 1.807) is 13.2 Å². The Morgan fingerprint density at radius 1 is 1.27 bits per heavy atom. The zero-order valence-electron chi connectivity index (χ0n) is 15.3. The van der Waals surface area contributed by atoms with Crippen molar-refractivity contribution >= 4 is 5.91 Å². The number of aryl methyl sites for hydroxylation is 1. The highest BCUT2D eigenvalue weighted by atomic mass is 19.1. The molecule has 1 amide bonds. The second-order valence-corrected chi connectivity index (χ2v) is 6.84. The van der Waals surface area contributed by atoms with E-state index < -0.39 is 0 Å². The van der Waals surface area contributed by atoms with Crippen molar-refractivity contribution in [1.82, 2.24) is 10.2 Å². The summed E-state index contributed by atoms with van der Waals surface area (Å²) in [7, 11) is 3.75. The van der Waals surface area contributed by atoms with Gasteiger partial charge in [0, 0.05) is 25.6 Å². The lowest BCUT2D eigenvalue weighted by Gasteiger charge is -2.34. The van der Waals surface area contributed by atoms with Crippen molar-refractivity contribution in [2.24, 2.45) is 0 Å². The van der Waals surface area contributed by atoms with Gasteiger partial charge < -0.3 is 10.1 Å². The number of methoxy groups -OCH3 is 1. The molecule has 3 rings (SSSR count). The first-order chi connectivity index (χ1) is 12.5. The van der Waals surface area contributed by atoms with Gasteiger partial charge in [0.2, 0.25) is 5.91 Å². The number of hydrogen-bond donors (Lipinski definition) is 1. The third-order valence-corrected chi connectivity index (χ3v) is 4.98. The second kappa shape index (κ2) is 8.32. The maximum atomic E-state index is 13.2. The Hall–Kier alpha value is -2.40. The molecule has 138 valence electrons. The van der Waals surface area contributed by atoms with Crippen LogP contribution in [0.15, 0.2) is 42.5 Å². The lowest BCUT2D eigenvalue weighted by molar-refractivity contribution is -0.121. The summed E-state index contributed by atoms with van der Waals surface area (Å²) in [6.07, 6.45) is 1.79. The molecule has 0 spiro atoms. The van der Waals surface area contributed by atoms with Gasteiger partial charge in [-0.05, 0) is 60.8 Å². The first kappa shape index (κ1) is 18.4. The summed E-state index contributed by atoms with van der Waals surface area (Å²) in [4.78, 5) is 14.4. The SMILES string of the molecule is COc1ccc2c(c1)CC(CNC(=O)CCc1cccc(F)c1)N(C)C2. The molecule has 2 aromatic rings. The van der Waals surface area contributed by atoms with Crippen LogP contribution < -0.4 is 10.1 Å². The molecule has 1 heterocycles. The number of hydrogen-bond acceptors (Lipinski definition) is 3. The molecule has 0 fully saturated rings. The van der Waals surface area contributed by atoms with Crippen LogP contribution in [-0.2, 0) is 24.2 Å². The van der Waals surface area contributed by atoms with E-state index in [1.165, 1.54) is 23.3 Å². The van der Waals surface area contributed by atoms with E-state index in [4.69, 9.17) is 4.74 Å². The summed E-state index contributed by atoms with van der Waals surface area (Å²) in [6, 6.07) is 12.8. The van der Waals surface area contributed by atoms with Gasteiger partial charge in [0.1, 0.15) is 11.6 Å². The van der Waals surface area contributed by atoms with Crippen LogP contribution in [0.1, 0.15) is 23.1 Å². The minimum Gasteiger partial charge on any atom is -0.497 e. The summed E-state index contributed by atoms with van der Waals surface area (Å²) in [5, 5.41) is 3.02. The van der Waals surface area contributed by atoms with E-state index in [0.29, 0.717) is 19.4 Å². The van der Waals surface area contributed by atoms with Crippen molar-refractivity contribution in [3.63, 3.8) is 0 Å². The monoisotopic (exact) mass is 356 g/mol. The van der Waals surface area contributed by atoms with Gasteiger partial charge in [-0.1, -0.05) is 18.2 Å². The smallest absolute Gasteiger partial charge is 0.220 e. The predicted octanol–water partition coefficient (Wildman–Crippen LogP) is 2.94. The molecule has 0 bridgehead atoms. The van der Waals surface area contributed by atoms with Crippen molar-refractivity contribution in [3.8, 4) is 5.75 Å². The summed E-state index contributed by atoms with van der Waals surface area (Å²) in [6.45, 7) is 1.47. The molecule has 2 aromatic carbocycles. The zero-order chi connectivity index (χ0) is 18.5. The number of rotatable bonds is 6. The maximum absolute atomic E-state index is 13.2. The Morgan fingerprint density at radius 2 is 2.12 bits per heavy atom. The number of ether oxygens (including phenoxy) is 1. The average molecular weight is 356 g/mol. The molecule has 4 nitrogen and oxygen atoms in total. The highest BCUT2D eigenvalue weighted by molar-refractivity contribution is 5.76. The van der Waals surface area contributed by atoms with Gasteiger partial charge in [0.05, 0.1) is 7.11 Å². The van der Waals surface area contributed by atoms with Gasteiger partial charge >= 0.3 is 0 Å². The Labute approximate surface area is 154 Å². The van der Waals surface area contributed by atoms with Crippen LogP contribution in [0, 0.1) is 5.82 Å². The van der Waals surface area contributed by atoms with Crippen LogP contribution in [0.25, 0.3) is 0 Å². The molecule has 0 saturated heterocycles. The fraction of sp³-hybridized carbons (Fsp3) is 0.381. The first-order valence-corrected chi connectivity index (χ1v) is 8.92. The number of likely N-dealkylation sites (N-methyl/N-ethyl adjacent to an activating group) is 1. The topological polar surface area (TPSA) is 41.6 Å². The average Bonchev–Trinajstić information content (AvgIpc) is 2.64. The van der Waals surface area contributed by atoms with Crippen LogP contribution in [0.3, 0.4) is 0 Å². The predicted molar refractivity (Wildman–Crippen MR) is 99.7 cm³/mol. The second-order valence-electron chi connectivity index (χ2n) is 6.84. The van der Waals surface area contributed by atoms with Crippen LogP contribution >= 0.6 is 0 Å². The van der Waals surface area contributed by atoms with Crippen LogP contribution in [-0.4, -0.2) is 37.6 Å². The van der Waals surface area contributed by atoms with Gasteiger partial charge in [0.25, 0.3) is 0 Å². The molecule has 0 aromatic heterocycles. The summed E-state index contributed by atoms with van der Waals surface area (Å²) < 4.78 is 18.5. The van der Waals surface area contributed by atoms with Crippen molar-refractivity contribution in [2.45, 2.75) is 31.8 Å². The minimum absolute atomic E-state index is 0.000833. The quantitative estimate of drug-likeness (QED) is 0.865. The van der Waals surface area contributed by atoms with E-state index >= 15 is 0 Å². The van der Waals surface area contributed by atoms with E-state index in [-0.39, 0.29) is 17.8 Å². The van der Waals surface area contributed by atoms with E-state index in [2.05, 4.69) is 29.4 Å². The largest absolute Gasteiger partial charge is 0.497 e. The Morgan fingerprint density at radius 3 is 2.88 bits per heavy atom. The molecule has 1 atom stereocenters. The molecule has 0 radical (unpaired) electrons. The van der Waals surface area contributed by atoms with E-state index in [1.807, 2.05) is 12.1 Å². The maximum Gasteiger partial charge on any atom is 0.220 e. The number of halogens is 1. The van der Waals surface area contributed by atoms with Crippen molar-refractivity contribution in [1.29, 1.82) is 0 Å². The van der Waals surface area contributed by atoms with Gasteiger partial charge in [-0.2, -0.15) is 0 Å². The number of amides is 1. The Kier molecular flexibility index (Phi) is 5.89. The highest BCUT2D eigenvalue weighted by Crippen LogP contribution is 2.25. The Bertz CT molecular complexity index is 778. The molecule has 1 aliphatic heterocycles. The number of nitrogens with one attached hydrogen (secondary N) is 1. The molecule has 26 heavy (non-hydrogen) atoms. The number of fused-ring (bicyclic) bond motifs is 1. The zero-order valence-corrected chi connectivity index (χ0v) is 15.3. The summed E-state index contributed by atoms with van der Waals surface area (Å²) in [5.41, 5.74) is 3.43. The normalized spacial score (nSPS) is 16.8. The molecule has 0 saturated carbocycles. The third-order valence-electron chi connectivity index (χ3n) is 4.98. The van der Waals surface area contributed by atoms with Gasteiger partial charge in [-0.15, -0.1) is 0 Å². The molecule has 1 aliphatic rings. The minimum atomic E-state index is -0.263. The lowest BCUT2D eigenvalue weighted by atomic mass is 9.94. The number of carbonyl (C=O) groups excluding carboxylic acids is 1. The standard InChI is InChI=1S/C21H25FN2O2/c1-24-14-16-7-8-20(26-2)12-17(16)11-19(24)13-23-21(25)9-6-15-4-3-5-18(22)10-15/h3-5,7-8,10,12,19H,6,9,11,13-14H2,1-2H3,(H,23,25). The van der Waals surface area contributed by atoms with Gasteiger partial charge in [0.15, 0.2) is 0 Å². The summed E-state index contributed by atoms with van der Waals surface area (Å²) >= 11 is 0. The van der Waals surface area contributed by atoms with Crippen molar-refractivity contribution in [2.75, 3.05) is 20.7 Å². The Balaban J connectivity index is 1.51. The molecule has 5 heteroatoms.